The van der Waals surface area contributed by atoms with Gasteiger partial charge in [-0.1, -0.05) is 215 Å². The van der Waals surface area contributed by atoms with E-state index in [-0.39, 0.29) is 0 Å². The van der Waals surface area contributed by atoms with Crippen LogP contribution in [0.1, 0.15) is 45.6 Å². The Balaban J connectivity index is 0.000000254. The van der Waals surface area contributed by atoms with Gasteiger partial charge in [0.1, 0.15) is 0 Å². The molecule has 4 N–H and O–H groups in total. The third kappa shape index (κ3) is 13.5. The van der Waals surface area contributed by atoms with Crippen molar-refractivity contribution in [1.82, 2.24) is 4.57 Å². The van der Waals surface area contributed by atoms with E-state index in [0.717, 1.165) is 42.2 Å². The van der Waals surface area contributed by atoms with Crippen LogP contribution in [0.15, 0.2) is 249 Å². The smallest absolute Gasteiger partial charge is 0.0486 e. The lowest BCUT2D eigenvalue weighted by molar-refractivity contribution is 0.627. The molecule has 3 heteroatoms. The average Bonchev–Trinajstić information content (AvgIpc) is 3.73. The number of hydrogen-bond acceptors (Lipinski definition) is 2. The SMILES string of the molecule is C=C(N)/C=C\C=C/CC1(c2ccccc2)C(=C)/C=c2/cccc/c2=C/CC(/C=C\N)=C1/C=C/C.C=C/C=C\C=C/C.CCCn1cc(-c2ccccc2)cc1-c1ccccc1. The molecule has 1 aromatic heterocycles. The summed E-state index contributed by atoms with van der Waals surface area (Å²) < 4.78 is 2.36. The van der Waals surface area contributed by atoms with E-state index in [1.54, 1.807) is 18.4 Å². The number of nitrogens with two attached hydrogens (primary N) is 2. The Hall–Kier alpha value is -7.10. The monoisotopic (exact) mass is 802 g/mol. The summed E-state index contributed by atoms with van der Waals surface area (Å²) in [7, 11) is 0. The van der Waals surface area contributed by atoms with Gasteiger partial charge in [-0.2, -0.15) is 0 Å². The summed E-state index contributed by atoms with van der Waals surface area (Å²) in [6, 6.07) is 42.5. The molecule has 0 amide bonds. The van der Waals surface area contributed by atoms with Crippen LogP contribution in [0.2, 0.25) is 0 Å². The third-order valence-corrected chi connectivity index (χ3v) is 10.2. The van der Waals surface area contributed by atoms with Crippen LogP contribution in [0.3, 0.4) is 0 Å². The van der Waals surface area contributed by atoms with Crippen LogP contribution < -0.4 is 21.9 Å². The first-order valence-electron chi connectivity index (χ1n) is 21.1. The number of fused-ring (bicyclic) bond motifs is 1. The molecule has 0 aliphatic heterocycles. The third-order valence-electron chi connectivity index (χ3n) is 10.2. The highest BCUT2D eigenvalue weighted by Crippen LogP contribution is 2.46. The van der Waals surface area contributed by atoms with E-state index in [4.69, 9.17) is 11.5 Å². The van der Waals surface area contributed by atoms with Crippen molar-refractivity contribution in [2.45, 2.75) is 52.0 Å². The second-order valence-electron chi connectivity index (χ2n) is 14.5. The van der Waals surface area contributed by atoms with Gasteiger partial charge in [-0.25, -0.2) is 0 Å². The molecule has 5 aromatic rings. The zero-order chi connectivity index (χ0) is 43.7. The summed E-state index contributed by atoms with van der Waals surface area (Å²) in [6.07, 6.45) is 34.8. The lowest BCUT2D eigenvalue weighted by atomic mass is 9.65. The fourth-order valence-corrected chi connectivity index (χ4v) is 7.36. The molecule has 0 spiro atoms. The predicted octanol–water partition coefficient (Wildman–Crippen LogP) is 13.0. The lowest BCUT2D eigenvalue weighted by Gasteiger charge is -2.38. The summed E-state index contributed by atoms with van der Waals surface area (Å²) in [5.41, 5.74) is 21.4. The number of nitrogens with zero attached hydrogens (tertiary/aromatic N) is 1. The Morgan fingerprint density at radius 3 is 1.98 bits per heavy atom. The zero-order valence-corrected chi connectivity index (χ0v) is 36.3. The molecule has 0 bridgehead atoms. The zero-order valence-electron chi connectivity index (χ0n) is 36.3. The van der Waals surface area contributed by atoms with E-state index in [0.29, 0.717) is 5.70 Å². The molecule has 1 aliphatic carbocycles. The first-order valence-corrected chi connectivity index (χ1v) is 21.1. The van der Waals surface area contributed by atoms with Crippen LogP contribution in [0.5, 0.6) is 0 Å². The molecule has 310 valence electrons. The van der Waals surface area contributed by atoms with E-state index in [1.807, 2.05) is 55.5 Å². The van der Waals surface area contributed by atoms with E-state index in [9.17, 15) is 0 Å². The molecule has 1 atom stereocenters. The summed E-state index contributed by atoms with van der Waals surface area (Å²) in [5, 5.41) is 2.35. The number of aromatic nitrogens is 1. The van der Waals surface area contributed by atoms with Gasteiger partial charge in [-0.05, 0) is 107 Å². The quantitative estimate of drug-likeness (QED) is 0.117. The van der Waals surface area contributed by atoms with E-state index >= 15 is 0 Å². The molecular formula is C58H63N3. The minimum absolute atomic E-state index is 0.488. The lowest BCUT2D eigenvalue weighted by Crippen LogP contribution is -2.32. The normalized spacial score (nSPS) is 17.7. The Bertz CT molecular complexity index is 2500. The van der Waals surface area contributed by atoms with E-state index in [2.05, 4.69) is 190 Å². The van der Waals surface area contributed by atoms with Crippen LogP contribution in [0.25, 0.3) is 34.5 Å². The molecule has 1 heterocycles. The van der Waals surface area contributed by atoms with Crippen molar-refractivity contribution in [3.8, 4) is 22.4 Å². The number of allylic oxidation sites excluding steroid dienone is 15. The van der Waals surface area contributed by atoms with Crippen molar-refractivity contribution in [2.24, 2.45) is 11.5 Å². The van der Waals surface area contributed by atoms with Crippen molar-refractivity contribution in [1.29, 1.82) is 0 Å². The van der Waals surface area contributed by atoms with Gasteiger partial charge in [0.25, 0.3) is 0 Å². The number of rotatable bonds is 13. The number of aryl methyl sites for hydroxylation is 1. The molecule has 0 saturated heterocycles. The predicted molar refractivity (Wildman–Crippen MR) is 268 cm³/mol. The Morgan fingerprint density at radius 1 is 0.738 bits per heavy atom. The van der Waals surface area contributed by atoms with E-state index < -0.39 is 5.41 Å². The minimum atomic E-state index is -0.488. The maximum absolute atomic E-state index is 5.95. The topological polar surface area (TPSA) is 57.0 Å². The molecule has 3 nitrogen and oxygen atoms in total. The highest BCUT2D eigenvalue weighted by Gasteiger charge is 2.37. The molecule has 0 radical (unpaired) electrons. The van der Waals surface area contributed by atoms with Crippen LogP contribution in [0, 0.1) is 0 Å². The van der Waals surface area contributed by atoms with Gasteiger partial charge in [0.15, 0.2) is 0 Å². The second kappa shape index (κ2) is 25.4. The standard InChI is InChI=1S/C32H34N2.C19H19N.C7H10/c1-4-13-31-28(21-23-33)20-19-27-15-10-11-16-29(27)24-25(2)32(31,30-17-8-5-9-18-30)22-12-6-7-14-26(3)34;1-2-13-20-15-18(16-9-5-3-6-10-16)14-19(20)17-11-7-4-8-12-17;1-3-5-7-6-4-2/h4-19,21,23-24H,2-3,20,22,33-34H2,1H3;3-12,14-15H,2,13H2,1H3;3-7H,1H2,2H3/b12-6-,13-4+,14-7-,23-21-,27-19-,29-24-,31-28+;;6-4-,7-5-. The van der Waals surface area contributed by atoms with Gasteiger partial charge in [-0.15, -0.1) is 0 Å². The summed E-state index contributed by atoms with van der Waals surface area (Å²) in [4.78, 5) is 0. The maximum Gasteiger partial charge on any atom is 0.0486 e. The Labute approximate surface area is 365 Å². The van der Waals surface area contributed by atoms with Crippen molar-refractivity contribution in [2.75, 3.05) is 0 Å². The van der Waals surface area contributed by atoms with Gasteiger partial charge in [0, 0.05) is 29.5 Å². The van der Waals surface area contributed by atoms with Gasteiger partial charge in [-0.3, -0.25) is 0 Å². The highest BCUT2D eigenvalue weighted by atomic mass is 15.0. The highest BCUT2D eigenvalue weighted by molar-refractivity contribution is 5.72. The summed E-state index contributed by atoms with van der Waals surface area (Å²) in [6.45, 7) is 19.2. The molecule has 0 fully saturated rings. The maximum atomic E-state index is 5.95. The first kappa shape index (κ1) is 46.6. The summed E-state index contributed by atoms with van der Waals surface area (Å²) in [5.74, 6) is 0. The van der Waals surface area contributed by atoms with E-state index in [1.165, 1.54) is 38.7 Å². The fraction of sp³-hybridized carbons (Fsp3) is 0.138. The Kier molecular flexibility index (Phi) is 19.4. The molecule has 61 heavy (non-hydrogen) atoms. The van der Waals surface area contributed by atoms with Crippen LogP contribution in [0.4, 0.5) is 0 Å². The second-order valence-corrected chi connectivity index (χ2v) is 14.5. The largest absolute Gasteiger partial charge is 0.405 e. The van der Waals surface area contributed by atoms with Crippen molar-refractivity contribution in [3.63, 3.8) is 0 Å². The fourth-order valence-electron chi connectivity index (χ4n) is 7.36. The summed E-state index contributed by atoms with van der Waals surface area (Å²) >= 11 is 0. The van der Waals surface area contributed by atoms with Crippen molar-refractivity contribution < 1.29 is 0 Å². The van der Waals surface area contributed by atoms with Gasteiger partial charge in [0.2, 0.25) is 0 Å². The molecular weight excluding hydrogens is 739 g/mol. The first-order chi connectivity index (χ1) is 29.8. The van der Waals surface area contributed by atoms with Gasteiger partial charge < -0.3 is 16.0 Å². The molecule has 4 aromatic carbocycles. The van der Waals surface area contributed by atoms with Crippen LogP contribution in [-0.4, -0.2) is 4.57 Å². The number of benzene rings is 4. The van der Waals surface area contributed by atoms with Crippen molar-refractivity contribution >= 4 is 12.2 Å². The van der Waals surface area contributed by atoms with Crippen molar-refractivity contribution in [3.05, 3.63) is 265 Å². The van der Waals surface area contributed by atoms with Crippen LogP contribution >= 0.6 is 0 Å². The van der Waals surface area contributed by atoms with Gasteiger partial charge >= 0.3 is 0 Å². The Morgan fingerprint density at radius 2 is 1.38 bits per heavy atom. The molecule has 6 rings (SSSR count). The van der Waals surface area contributed by atoms with Gasteiger partial charge in [0.05, 0.1) is 0 Å². The molecule has 0 saturated carbocycles. The number of hydrogen-bond donors (Lipinski definition) is 2. The molecule has 1 aliphatic rings. The molecule has 1 unspecified atom stereocenters. The average molecular weight is 802 g/mol. The van der Waals surface area contributed by atoms with Crippen LogP contribution in [-0.2, 0) is 12.0 Å². The minimum Gasteiger partial charge on any atom is -0.405 e.